The highest BCUT2D eigenvalue weighted by atomic mass is 32.2. The molecule has 0 aliphatic carbocycles. The van der Waals surface area contributed by atoms with Crippen LogP contribution in [-0.4, -0.2) is 38.9 Å². The van der Waals surface area contributed by atoms with Crippen molar-refractivity contribution in [1.29, 1.82) is 0 Å². The van der Waals surface area contributed by atoms with Crippen LogP contribution < -0.4 is 10.9 Å². The molecular weight excluding hydrogens is 342 g/mol. The number of nitrogens with one attached hydrogen (secondary N) is 2. The first-order valence-corrected chi connectivity index (χ1v) is 8.74. The van der Waals surface area contributed by atoms with E-state index in [0.717, 1.165) is 5.56 Å². The lowest BCUT2D eigenvalue weighted by atomic mass is 10.2. The smallest absolute Gasteiger partial charge is 0.311 e. The fraction of sp³-hybridized carbons (Fsp3) is 0.250. The molecule has 0 radical (unpaired) electrons. The number of fused-ring (bicyclic) bond motifs is 1. The van der Waals surface area contributed by atoms with Crippen LogP contribution in [0.5, 0.6) is 0 Å². The van der Waals surface area contributed by atoms with E-state index in [1.807, 2.05) is 30.5 Å². The third-order valence-corrected chi connectivity index (χ3v) is 4.30. The third kappa shape index (κ3) is 4.00. The van der Waals surface area contributed by atoms with Gasteiger partial charge >= 0.3 is 5.97 Å². The summed E-state index contributed by atoms with van der Waals surface area (Å²) in [7, 11) is 1.29. The van der Waals surface area contributed by atoms with Gasteiger partial charge in [0.2, 0.25) is 5.95 Å². The first kappa shape index (κ1) is 17.0. The quantitative estimate of drug-likeness (QED) is 0.507. The highest BCUT2D eigenvalue weighted by Gasteiger charge is 2.11. The largest absolute Gasteiger partial charge is 0.469 e. The number of anilines is 1. The van der Waals surface area contributed by atoms with Crippen LogP contribution in [-0.2, 0) is 22.5 Å². The van der Waals surface area contributed by atoms with Crippen LogP contribution in [0.3, 0.4) is 0 Å². The van der Waals surface area contributed by atoms with Crippen LogP contribution in [0, 0.1) is 0 Å². The zero-order chi connectivity index (χ0) is 17.8. The average molecular weight is 359 g/mol. The van der Waals surface area contributed by atoms with Crippen LogP contribution in [0.15, 0.2) is 40.0 Å². The Morgan fingerprint density at radius 2 is 2.08 bits per heavy atom. The summed E-state index contributed by atoms with van der Waals surface area (Å²) in [6.07, 6.45) is 1.96. The van der Waals surface area contributed by atoms with Crippen molar-refractivity contribution >= 4 is 29.5 Å². The van der Waals surface area contributed by atoms with Crippen molar-refractivity contribution in [2.45, 2.75) is 17.9 Å². The average Bonchev–Trinajstić information content (AvgIpc) is 3.04. The second-order valence-corrected chi connectivity index (χ2v) is 6.13. The zero-order valence-electron chi connectivity index (χ0n) is 13.8. The molecule has 0 saturated heterocycles. The van der Waals surface area contributed by atoms with E-state index in [4.69, 9.17) is 0 Å². The van der Waals surface area contributed by atoms with E-state index in [-0.39, 0.29) is 17.8 Å². The Labute approximate surface area is 147 Å². The number of hydrogen-bond donors (Lipinski definition) is 2. The second-order valence-electron chi connectivity index (χ2n) is 5.25. The summed E-state index contributed by atoms with van der Waals surface area (Å²) in [5, 5.41) is 5.97. The molecule has 3 aromatic rings. The molecule has 8 nitrogen and oxygen atoms in total. The summed E-state index contributed by atoms with van der Waals surface area (Å²) >= 11 is 1.69. The summed E-state index contributed by atoms with van der Waals surface area (Å²) in [6, 6.07) is 9.44. The fourth-order valence-electron chi connectivity index (χ4n) is 2.25. The van der Waals surface area contributed by atoms with E-state index in [1.165, 1.54) is 22.6 Å². The minimum atomic E-state index is -0.459. The van der Waals surface area contributed by atoms with Gasteiger partial charge in [0.05, 0.1) is 19.2 Å². The number of aromatic amines is 1. The molecule has 0 bridgehead atoms. The molecule has 0 spiro atoms. The van der Waals surface area contributed by atoms with Gasteiger partial charge in [0.1, 0.15) is 0 Å². The van der Waals surface area contributed by atoms with E-state index < -0.39 is 5.97 Å². The number of esters is 1. The van der Waals surface area contributed by atoms with Gasteiger partial charge in [-0.15, -0.1) is 11.8 Å². The number of aromatic nitrogens is 4. The van der Waals surface area contributed by atoms with E-state index in [0.29, 0.717) is 18.2 Å². The fourth-order valence-corrected chi connectivity index (χ4v) is 2.65. The number of carbonyl (C=O) groups excluding carboxylic acids is 1. The minimum Gasteiger partial charge on any atom is -0.469 e. The summed E-state index contributed by atoms with van der Waals surface area (Å²) in [6.45, 7) is 0.554. The molecule has 0 fully saturated rings. The Hall–Kier alpha value is -2.81. The predicted octanol–water partition coefficient (Wildman–Crippen LogP) is 1.47. The first-order chi connectivity index (χ1) is 12.1. The number of methoxy groups -OCH3 is 1. The van der Waals surface area contributed by atoms with Crippen molar-refractivity contribution in [1.82, 2.24) is 19.6 Å². The van der Waals surface area contributed by atoms with Gasteiger partial charge in [0.15, 0.2) is 0 Å². The molecule has 0 aliphatic heterocycles. The number of rotatable bonds is 6. The maximum atomic E-state index is 12.1. The normalized spacial score (nSPS) is 10.8. The van der Waals surface area contributed by atoms with Gasteiger partial charge in [-0.05, 0) is 24.0 Å². The molecule has 2 heterocycles. The highest BCUT2D eigenvalue weighted by molar-refractivity contribution is 7.98. The summed E-state index contributed by atoms with van der Waals surface area (Å²) in [5.41, 5.74) is 1.07. The first-order valence-electron chi connectivity index (χ1n) is 7.51. The monoisotopic (exact) mass is 359 g/mol. The van der Waals surface area contributed by atoms with Crippen molar-refractivity contribution in [2.24, 2.45) is 0 Å². The molecule has 2 N–H and O–H groups in total. The van der Waals surface area contributed by atoms with Crippen LogP contribution in [0.2, 0.25) is 0 Å². The lowest BCUT2D eigenvalue weighted by molar-refractivity contribution is -0.139. The molecule has 0 unspecified atom stereocenters. The van der Waals surface area contributed by atoms with Crippen molar-refractivity contribution in [3.8, 4) is 0 Å². The van der Waals surface area contributed by atoms with Gasteiger partial charge in [-0.3, -0.25) is 14.7 Å². The number of H-pyrrole nitrogens is 1. The van der Waals surface area contributed by atoms with Gasteiger partial charge in [-0.2, -0.15) is 9.50 Å². The Morgan fingerprint density at radius 1 is 1.32 bits per heavy atom. The number of carbonyl (C=O) groups is 1. The van der Waals surface area contributed by atoms with E-state index >= 15 is 0 Å². The molecule has 2 aromatic heterocycles. The van der Waals surface area contributed by atoms with Crippen molar-refractivity contribution in [3.63, 3.8) is 0 Å². The van der Waals surface area contributed by atoms with Gasteiger partial charge in [-0.25, -0.2) is 4.98 Å². The Bertz CT molecular complexity index is 949. The number of hydrogen-bond acceptors (Lipinski definition) is 7. The molecule has 25 heavy (non-hydrogen) atoms. The Morgan fingerprint density at radius 3 is 2.76 bits per heavy atom. The number of nitrogens with zero attached hydrogens (tertiary/aromatic N) is 3. The van der Waals surface area contributed by atoms with Crippen molar-refractivity contribution < 1.29 is 9.53 Å². The van der Waals surface area contributed by atoms with Crippen LogP contribution in [0.25, 0.3) is 5.78 Å². The van der Waals surface area contributed by atoms with E-state index in [9.17, 15) is 9.59 Å². The van der Waals surface area contributed by atoms with Crippen molar-refractivity contribution in [2.75, 3.05) is 18.7 Å². The molecule has 0 saturated carbocycles. The van der Waals surface area contributed by atoms with Gasteiger partial charge in [0, 0.05) is 17.5 Å². The van der Waals surface area contributed by atoms with Crippen molar-refractivity contribution in [3.05, 3.63) is 51.9 Å². The minimum absolute atomic E-state index is 0.0698. The Kier molecular flexibility index (Phi) is 5.03. The maximum Gasteiger partial charge on any atom is 0.311 e. The lowest BCUT2D eigenvalue weighted by Gasteiger charge is -2.03. The summed E-state index contributed by atoms with van der Waals surface area (Å²) in [5.74, 6) is 0.166. The molecule has 1 aromatic carbocycles. The third-order valence-electron chi connectivity index (χ3n) is 3.56. The molecule has 0 atom stereocenters. The molecular formula is C16H17N5O3S. The summed E-state index contributed by atoms with van der Waals surface area (Å²) < 4.78 is 5.81. The van der Waals surface area contributed by atoms with Crippen LogP contribution >= 0.6 is 11.8 Å². The molecule has 9 heteroatoms. The van der Waals surface area contributed by atoms with E-state index in [2.05, 4.69) is 25.1 Å². The van der Waals surface area contributed by atoms with Gasteiger partial charge < -0.3 is 10.1 Å². The van der Waals surface area contributed by atoms with Gasteiger partial charge in [-0.1, -0.05) is 12.1 Å². The number of thioether (sulfide) groups is 1. The second kappa shape index (κ2) is 7.39. The summed E-state index contributed by atoms with van der Waals surface area (Å²) in [4.78, 5) is 33.1. The Balaban J connectivity index is 1.77. The SMILES string of the molecule is COC(=O)Cc1cc(=O)n2[nH]c(NCc3ccc(SC)cc3)nc2n1. The topological polar surface area (TPSA) is 101 Å². The molecule has 0 aliphatic rings. The van der Waals surface area contributed by atoms with Gasteiger partial charge in [0.25, 0.3) is 11.3 Å². The lowest BCUT2D eigenvalue weighted by Crippen LogP contribution is -2.17. The van der Waals surface area contributed by atoms with Crippen LogP contribution in [0.4, 0.5) is 5.95 Å². The maximum absolute atomic E-state index is 12.1. The van der Waals surface area contributed by atoms with Crippen LogP contribution in [0.1, 0.15) is 11.3 Å². The van der Waals surface area contributed by atoms with E-state index in [1.54, 1.807) is 11.8 Å². The molecule has 0 amide bonds. The molecule has 130 valence electrons. The number of benzene rings is 1. The molecule has 3 rings (SSSR count). The number of ether oxygens (including phenoxy) is 1. The highest BCUT2D eigenvalue weighted by Crippen LogP contribution is 2.15. The predicted molar refractivity (Wildman–Crippen MR) is 94.9 cm³/mol. The zero-order valence-corrected chi connectivity index (χ0v) is 14.6. The standard InChI is InChI=1S/C16H17N5O3S/c1-24-14(23)8-11-7-13(22)21-16(18-11)19-15(20-21)17-9-10-3-5-12(25-2)6-4-10/h3-7H,8-9H2,1-2H3,(H2,17,18,19,20).